The smallest absolute Gasteiger partial charge is 0.119 e. The van der Waals surface area contributed by atoms with Gasteiger partial charge in [-0.1, -0.05) is 54.3 Å². The van der Waals surface area contributed by atoms with Crippen molar-refractivity contribution in [3.05, 3.63) is 100 Å². The van der Waals surface area contributed by atoms with Crippen LogP contribution in [0.3, 0.4) is 0 Å². The molecule has 3 rings (SSSR count). The fraction of sp³-hybridized carbons (Fsp3) is 0.231. The number of ether oxygens (including phenoxy) is 1. The van der Waals surface area contributed by atoms with E-state index < -0.39 is 0 Å². The topological polar surface area (TPSA) is 35.2 Å². The normalized spacial score (nSPS) is 11.4. The van der Waals surface area contributed by atoms with Crippen molar-refractivity contribution in [2.75, 3.05) is 7.11 Å². The molecule has 3 aromatic rings. The van der Waals surface area contributed by atoms with Crippen LogP contribution in [0.5, 0.6) is 5.75 Å². The zero-order valence-corrected chi connectivity index (χ0v) is 16.8. The van der Waals surface area contributed by atoms with Gasteiger partial charge in [0.25, 0.3) is 0 Å². The number of rotatable bonds is 5. The van der Waals surface area contributed by atoms with E-state index in [-0.39, 0.29) is 5.92 Å². The van der Waals surface area contributed by atoms with Crippen molar-refractivity contribution in [3.63, 3.8) is 0 Å². The maximum absolute atomic E-state index is 5.69. The highest BCUT2D eigenvalue weighted by Gasteiger charge is 2.11. The Hall–Kier alpha value is -3.02. The lowest BCUT2D eigenvalue weighted by Gasteiger charge is -2.14. The lowest BCUT2D eigenvalue weighted by atomic mass is 9.91. The highest BCUT2D eigenvalue weighted by molar-refractivity contribution is 5.42. The van der Waals surface area contributed by atoms with Crippen LogP contribution in [-0.4, -0.2) is 7.11 Å². The highest BCUT2D eigenvalue weighted by Crippen LogP contribution is 2.25. The van der Waals surface area contributed by atoms with Crippen LogP contribution in [0, 0.1) is 25.7 Å². The molecule has 0 fully saturated rings. The van der Waals surface area contributed by atoms with E-state index in [9.17, 15) is 0 Å². The molecule has 0 spiro atoms. The summed E-state index contributed by atoms with van der Waals surface area (Å²) in [7, 11) is 1.70. The molecule has 2 N–H and O–H groups in total. The van der Waals surface area contributed by atoms with Crippen molar-refractivity contribution < 1.29 is 4.74 Å². The zero-order valence-electron chi connectivity index (χ0n) is 16.8. The second-order valence-corrected chi connectivity index (χ2v) is 7.12. The number of methoxy groups -OCH3 is 1. The van der Waals surface area contributed by atoms with Gasteiger partial charge in [-0.3, -0.25) is 0 Å². The molecule has 1 unspecified atom stereocenters. The Labute approximate surface area is 168 Å². The fourth-order valence-electron chi connectivity index (χ4n) is 3.17. The Morgan fingerprint density at radius 1 is 0.893 bits per heavy atom. The van der Waals surface area contributed by atoms with Gasteiger partial charge >= 0.3 is 0 Å². The first kappa shape index (κ1) is 19.7. The van der Waals surface area contributed by atoms with Gasteiger partial charge < -0.3 is 10.5 Å². The number of hydrogen-bond acceptors (Lipinski definition) is 2. The van der Waals surface area contributed by atoms with Gasteiger partial charge in [-0.05, 0) is 72.4 Å². The van der Waals surface area contributed by atoms with E-state index in [4.69, 9.17) is 10.5 Å². The number of benzene rings is 3. The molecule has 3 aromatic carbocycles. The Balaban J connectivity index is 1.93. The van der Waals surface area contributed by atoms with Crippen LogP contribution in [-0.2, 0) is 13.0 Å². The molecule has 2 nitrogen and oxygen atoms in total. The first-order chi connectivity index (χ1) is 13.6. The van der Waals surface area contributed by atoms with E-state index in [1.54, 1.807) is 7.11 Å². The minimum Gasteiger partial charge on any atom is -0.497 e. The molecule has 0 aliphatic carbocycles. The second-order valence-electron chi connectivity index (χ2n) is 7.12. The summed E-state index contributed by atoms with van der Waals surface area (Å²) >= 11 is 0. The molecule has 0 saturated heterocycles. The van der Waals surface area contributed by atoms with Crippen LogP contribution >= 0.6 is 0 Å². The summed E-state index contributed by atoms with van der Waals surface area (Å²) in [5.74, 6) is 7.78. The van der Waals surface area contributed by atoms with Gasteiger partial charge in [0.05, 0.1) is 7.11 Å². The van der Waals surface area contributed by atoms with E-state index in [2.05, 4.69) is 56.0 Å². The predicted molar refractivity (Wildman–Crippen MR) is 117 cm³/mol. The number of aryl methyl sites for hydroxylation is 2. The minimum atomic E-state index is 0.0893. The molecule has 0 radical (unpaired) electrons. The monoisotopic (exact) mass is 369 g/mol. The predicted octanol–water partition coefficient (Wildman–Crippen LogP) is 5.15. The number of hydrogen-bond donors (Lipinski definition) is 1. The van der Waals surface area contributed by atoms with E-state index in [0.717, 1.165) is 23.3 Å². The fourth-order valence-corrected chi connectivity index (χ4v) is 3.17. The van der Waals surface area contributed by atoms with Gasteiger partial charge in [-0.15, -0.1) is 0 Å². The first-order valence-corrected chi connectivity index (χ1v) is 9.59. The summed E-state index contributed by atoms with van der Waals surface area (Å²) < 4.78 is 5.42. The maximum atomic E-state index is 5.69. The molecule has 28 heavy (non-hydrogen) atoms. The summed E-state index contributed by atoms with van der Waals surface area (Å²) in [6.07, 6.45) is 0.863. The van der Waals surface area contributed by atoms with Gasteiger partial charge in [0, 0.05) is 18.0 Å². The molecule has 0 amide bonds. The van der Waals surface area contributed by atoms with Gasteiger partial charge in [-0.25, -0.2) is 0 Å². The van der Waals surface area contributed by atoms with E-state index >= 15 is 0 Å². The molecule has 0 aliphatic rings. The third-order valence-electron chi connectivity index (χ3n) is 5.09. The average Bonchev–Trinajstić information content (AvgIpc) is 2.74. The van der Waals surface area contributed by atoms with Gasteiger partial charge in [0.2, 0.25) is 0 Å². The van der Waals surface area contributed by atoms with Crippen LogP contribution in [0.15, 0.2) is 66.7 Å². The molecular formula is C26H27NO. The largest absolute Gasteiger partial charge is 0.497 e. The van der Waals surface area contributed by atoms with Crippen LogP contribution in [0.4, 0.5) is 0 Å². The van der Waals surface area contributed by atoms with Crippen molar-refractivity contribution in [2.45, 2.75) is 32.7 Å². The molecule has 0 saturated carbocycles. The van der Waals surface area contributed by atoms with Crippen molar-refractivity contribution in [1.29, 1.82) is 0 Å². The Bertz CT molecular complexity index is 993. The summed E-state index contributed by atoms with van der Waals surface area (Å²) in [6.45, 7) is 4.85. The van der Waals surface area contributed by atoms with Crippen molar-refractivity contribution in [1.82, 2.24) is 0 Å². The van der Waals surface area contributed by atoms with Crippen LogP contribution in [0.1, 0.15) is 39.3 Å². The lowest BCUT2D eigenvalue weighted by Crippen LogP contribution is -2.02. The van der Waals surface area contributed by atoms with Crippen LogP contribution < -0.4 is 10.5 Å². The van der Waals surface area contributed by atoms with E-state index in [1.807, 2.05) is 36.4 Å². The summed E-state index contributed by atoms with van der Waals surface area (Å²) in [5, 5.41) is 0. The molecule has 0 aromatic heterocycles. The molecule has 0 heterocycles. The van der Waals surface area contributed by atoms with Crippen LogP contribution in [0.25, 0.3) is 0 Å². The van der Waals surface area contributed by atoms with Crippen molar-refractivity contribution in [2.24, 2.45) is 5.73 Å². The maximum Gasteiger partial charge on any atom is 0.119 e. The zero-order chi connectivity index (χ0) is 19.9. The van der Waals surface area contributed by atoms with E-state index in [1.165, 1.54) is 22.3 Å². The first-order valence-electron chi connectivity index (χ1n) is 9.59. The van der Waals surface area contributed by atoms with Gasteiger partial charge in [-0.2, -0.15) is 0 Å². The number of nitrogens with two attached hydrogens (primary N) is 1. The Kier molecular flexibility index (Phi) is 6.53. The quantitative estimate of drug-likeness (QED) is 0.631. The molecule has 142 valence electrons. The summed E-state index contributed by atoms with van der Waals surface area (Å²) in [4.78, 5) is 0. The van der Waals surface area contributed by atoms with E-state index in [0.29, 0.717) is 6.54 Å². The molecule has 0 bridgehead atoms. The van der Waals surface area contributed by atoms with Gasteiger partial charge in [0.15, 0.2) is 0 Å². The molecular weight excluding hydrogens is 342 g/mol. The van der Waals surface area contributed by atoms with Crippen molar-refractivity contribution in [3.8, 4) is 17.6 Å². The molecule has 1 atom stereocenters. The standard InChI is InChI=1S/C26H27NO/c1-19-7-8-23(15-20(19)2)16-25(24-5-4-6-26(17-24)28-3)14-13-21-9-11-22(18-27)12-10-21/h4-12,15,17,25H,16,18,27H2,1-3H3. The Morgan fingerprint density at radius 2 is 1.64 bits per heavy atom. The Morgan fingerprint density at radius 3 is 2.32 bits per heavy atom. The summed E-state index contributed by atoms with van der Waals surface area (Å²) in [5.41, 5.74) is 12.9. The van der Waals surface area contributed by atoms with Crippen LogP contribution in [0.2, 0.25) is 0 Å². The summed E-state index contributed by atoms with van der Waals surface area (Å²) in [6, 6.07) is 23.0. The minimum absolute atomic E-state index is 0.0893. The lowest BCUT2D eigenvalue weighted by molar-refractivity contribution is 0.414. The van der Waals surface area contributed by atoms with Gasteiger partial charge in [0.1, 0.15) is 5.75 Å². The molecule has 2 heteroatoms. The highest BCUT2D eigenvalue weighted by atomic mass is 16.5. The van der Waals surface area contributed by atoms with Crippen molar-refractivity contribution >= 4 is 0 Å². The third kappa shape index (κ3) is 5.03. The second kappa shape index (κ2) is 9.26. The third-order valence-corrected chi connectivity index (χ3v) is 5.09. The average molecular weight is 370 g/mol. The molecule has 0 aliphatic heterocycles. The SMILES string of the molecule is COc1cccc(C(C#Cc2ccc(CN)cc2)Cc2ccc(C)c(C)c2)c1.